The minimum absolute atomic E-state index is 0.0375. The molecule has 128 valence electrons. The van der Waals surface area contributed by atoms with Gasteiger partial charge in [0.05, 0.1) is 12.5 Å². The highest BCUT2D eigenvalue weighted by Gasteiger charge is 2.24. The maximum absolute atomic E-state index is 12.0. The van der Waals surface area contributed by atoms with Crippen LogP contribution < -0.4 is 0 Å². The molecular formula is C19H20Cl2O3. The van der Waals surface area contributed by atoms with E-state index in [2.05, 4.69) is 0 Å². The van der Waals surface area contributed by atoms with Gasteiger partial charge in [-0.05, 0) is 61.1 Å². The van der Waals surface area contributed by atoms with Crippen LogP contribution in [0.4, 0.5) is 0 Å². The first-order valence-corrected chi connectivity index (χ1v) is 8.39. The van der Waals surface area contributed by atoms with Gasteiger partial charge in [-0.15, -0.1) is 11.6 Å². The van der Waals surface area contributed by atoms with Crippen LogP contribution in [0.3, 0.4) is 0 Å². The van der Waals surface area contributed by atoms with Crippen LogP contribution in [-0.4, -0.2) is 18.2 Å². The Morgan fingerprint density at radius 3 is 2.38 bits per heavy atom. The standard InChI is InChI=1S/C19H20Cl2O3/c1-10-11(2)18(22)17(19(23)24-4)12(3)14(10)9-16(21)13-7-5-6-8-15(13)20/h5-8,16,22H,9H2,1-4H3. The average molecular weight is 367 g/mol. The summed E-state index contributed by atoms with van der Waals surface area (Å²) in [6.07, 6.45) is 0.494. The van der Waals surface area contributed by atoms with Crippen molar-refractivity contribution in [1.29, 1.82) is 0 Å². The molecule has 3 nitrogen and oxygen atoms in total. The molecule has 2 rings (SSSR count). The van der Waals surface area contributed by atoms with Gasteiger partial charge in [0.15, 0.2) is 0 Å². The maximum Gasteiger partial charge on any atom is 0.341 e. The number of hydrogen-bond donors (Lipinski definition) is 1. The smallest absolute Gasteiger partial charge is 0.341 e. The molecule has 0 saturated carbocycles. The Labute approximate surface area is 152 Å². The van der Waals surface area contributed by atoms with Crippen molar-refractivity contribution < 1.29 is 14.6 Å². The van der Waals surface area contributed by atoms with E-state index in [1.165, 1.54) is 7.11 Å². The molecule has 1 atom stereocenters. The lowest BCUT2D eigenvalue weighted by molar-refractivity contribution is 0.0596. The molecule has 0 saturated heterocycles. The zero-order valence-electron chi connectivity index (χ0n) is 14.1. The van der Waals surface area contributed by atoms with Crippen molar-refractivity contribution >= 4 is 29.2 Å². The van der Waals surface area contributed by atoms with Crippen molar-refractivity contribution in [3.05, 3.63) is 62.7 Å². The van der Waals surface area contributed by atoms with Gasteiger partial charge in [0.25, 0.3) is 0 Å². The van der Waals surface area contributed by atoms with Gasteiger partial charge in [-0.2, -0.15) is 0 Å². The minimum Gasteiger partial charge on any atom is -0.507 e. The van der Waals surface area contributed by atoms with Crippen LogP contribution >= 0.6 is 23.2 Å². The predicted octanol–water partition coefficient (Wildman–Crippen LogP) is 5.28. The van der Waals surface area contributed by atoms with Crippen LogP contribution in [0.2, 0.25) is 5.02 Å². The molecule has 24 heavy (non-hydrogen) atoms. The summed E-state index contributed by atoms with van der Waals surface area (Å²) in [5, 5.41) is 10.6. The number of methoxy groups -OCH3 is 1. The Morgan fingerprint density at radius 1 is 1.17 bits per heavy atom. The monoisotopic (exact) mass is 366 g/mol. The second-order valence-corrected chi connectivity index (χ2v) is 6.70. The van der Waals surface area contributed by atoms with Crippen LogP contribution in [0.15, 0.2) is 24.3 Å². The zero-order chi connectivity index (χ0) is 18.0. The zero-order valence-corrected chi connectivity index (χ0v) is 15.6. The van der Waals surface area contributed by atoms with Gasteiger partial charge < -0.3 is 9.84 Å². The van der Waals surface area contributed by atoms with E-state index in [9.17, 15) is 9.90 Å². The maximum atomic E-state index is 12.0. The first kappa shape index (κ1) is 18.6. The van der Waals surface area contributed by atoms with E-state index in [1.54, 1.807) is 19.9 Å². The molecule has 0 aromatic heterocycles. The summed E-state index contributed by atoms with van der Waals surface area (Å²) >= 11 is 12.8. The normalized spacial score (nSPS) is 12.1. The number of phenolic OH excluding ortho intramolecular Hbond substituents is 1. The van der Waals surface area contributed by atoms with Crippen molar-refractivity contribution in [2.24, 2.45) is 0 Å². The Kier molecular flexibility index (Phi) is 5.79. The van der Waals surface area contributed by atoms with Crippen LogP contribution in [-0.2, 0) is 11.2 Å². The molecule has 5 heteroatoms. The summed E-state index contributed by atoms with van der Waals surface area (Å²) in [6.45, 7) is 5.48. The van der Waals surface area contributed by atoms with Gasteiger partial charge in [0, 0.05) is 5.02 Å². The molecule has 0 aliphatic rings. The third-order valence-electron chi connectivity index (χ3n) is 4.45. The average Bonchev–Trinajstić information content (AvgIpc) is 2.57. The highest BCUT2D eigenvalue weighted by atomic mass is 35.5. The van der Waals surface area contributed by atoms with E-state index < -0.39 is 5.97 Å². The van der Waals surface area contributed by atoms with Gasteiger partial charge in [-0.1, -0.05) is 29.8 Å². The molecule has 2 aromatic rings. The van der Waals surface area contributed by atoms with Gasteiger partial charge in [0.2, 0.25) is 0 Å². The number of aromatic hydroxyl groups is 1. The molecule has 2 aromatic carbocycles. The van der Waals surface area contributed by atoms with Crippen molar-refractivity contribution in [3.63, 3.8) is 0 Å². The van der Waals surface area contributed by atoms with Crippen molar-refractivity contribution in [1.82, 2.24) is 0 Å². The first-order chi connectivity index (χ1) is 11.3. The molecule has 0 amide bonds. The molecule has 1 unspecified atom stereocenters. The number of benzene rings is 2. The lowest BCUT2D eigenvalue weighted by Crippen LogP contribution is -2.11. The van der Waals surface area contributed by atoms with Gasteiger partial charge in [0.1, 0.15) is 11.3 Å². The topological polar surface area (TPSA) is 46.5 Å². The number of alkyl halides is 1. The molecule has 0 radical (unpaired) electrons. The fourth-order valence-electron chi connectivity index (χ4n) is 2.88. The van der Waals surface area contributed by atoms with Gasteiger partial charge >= 0.3 is 5.97 Å². The van der Waals surface area contributed by atoms with E-state index in [0.29, 0.717) is 22.6 Å². The van der Waals surface area contributed by atoms with Crippen LogP contribution in [0.5, 0.6) is 5.75 Å². The third kappa shape index (κ3) is 3.38. The van der Waals surface area contributed by atoms with E-state index >= 15 is 0 Å². The van der Waals surface area contributed by atoms with Crippen LogP contribution in [0.1, 0.15) is 43.6 Å². The number of esters is 1. The summed E-state index contributed by atoms with van der Waals surface area (Å²) in [5.74, 6) is -0.595. The van der Waals surface area contributed by atoms with E-state index in [1.807, 2.05) is 25.1 Å². The summed E-state index contributed by atoms with van der Waals surface area (Å²) in [4.78, 5) is 12.0. The largest absolute Gasteiger partial charge is 0.507 e. The molecule has 0 aliphatic carbocycles. The number of ether oxygens (including phenoxy) is 1. The van der Waals surface area contributed by atoms with Crippen LogP contribution in [0, 0.1) is 20.8 Å². The molecule has 0 aliphatic heterocycles. The first-order valence-electron chi connectivity index (χ1n) is 7.58. The van der Waals surface area contributed by atoms with Gasteiger partial charge in [-0.3, -0.25) is 0 Å². The Hall–Kier alpha value is -1.71. The SMILES string of the molecule is COC(=O)c1c(C)c(CC(Cl)c2ccccc2Cl)c(C)c(C)c1O. The van der Waals surface area contributed by atoms with Crippen molar-refractivity contribution in [2.45, 2.75) is 32.6 Å². The number of phenols is 1. The summed E-state index contributed by atoms with van der Waals surface area (Å²) < 4.78 is 4.80. The Bertz CT molecular complexity index is 785. The number of carbonyl (C=O) groups is 1. The fourth-order valence-corrected chi connectivity index (χ4v) is 3.55. The van der Waals surface area contributed by atoms with Crippen LogP contribution in [0.25, 0.3) is 0 Å². The summed E-state index contributed by atoms with van der Waals surface area (Å²) in [7, 11) is 1.30. The quantitative estimate of drug-likeness (QED) is 0.591. The molecule has 1 N–H and O–H groups in total. The number of carbonyl (C=O) groups excluding carboxylic acids is 1. The molecule has 0 heterocycles. The number of hydrogen-bond acceptors (Lipinski definition) is 3. The van der Waals surface area contributed by atoms with E-state index in [-0.39, 0.29) is 16.7 Å². The van der Waals surface area contributed by atoms with Crippen molar-refractivity contribution in [2.75, 3.05) is 7.11 Å². The second kappa shape index (κ2) is 7.45. The minimum atomic E-state index is -0.557. The third-order valence-corrected chi connectivity index (χ3v) is 5.18. The molecule has 0 spiro atoms. The summed E-state index contributed by atoms with van der Waals surface area (Å²) in [6, 6.07) is 7.43. The van der Waals surface area contributed by atoms with E-state index in [0.717, 1.165) is 16.7 Å². The molecule has 0 bridgehead atoms. The molecule has 0 fully saturated rings. The van der Waals surface area contributed by atoms with E-state index in [4.69, 9.17) is 27.9 Å². The number of rotatable bonds is 4. The van der Waals surface area contributed by atoms with Crippen molar-refractivity contribution in [3.8, 4) is 5.75 Å². The second-order valence-electron chi connectivity index (χ2n) is 5.76. The molecular weight excluding hydrogens is 347 g/mol. The number of halogens is 2. The highest BCUT2D eigenvalue weighted by Crippen LogP contribution is 2.37. The Balaban J connectivity index is 2.53. The summed E-state index contributed by atoms with van der Waals surface area (Å²) in [5.41, 5.74) is 4.20. The predicted molar refractivity (Wildman–Crippen MR) is 97.4 cm³/mol. The lowest BCUT2D eigenvalue weighted by atomic mass is 9.89. The fraction of sp³-hybridized carbons (Fsp3) is 0.316. The Morgan fingerprint density at radius 2 is 1.79 bits per heavy atom. The lowest BCUT2D eigenvalue weighted by Gasteiger charge is -2.20. The highest BCUT2D eigenvalue weighted by molar-refractivity contribution is 6.32. The van der Waals surface area contributed by atoms with Gasteiger partial charge in [-0.25, -0.2) is 4.79 Å².